The summed E-state index contributed by atoms with van der Waals surface area (Å²) in [4.78, 5) is 0. The summed E-state index contributed by atoms with van der Waals surface area (Å²) in [5, 5.41) is 21.3. The van der Waals surface area contributed by atoms with E-state index in [2.05, 4.69) is 31.2 Å². The number of phenolic OH excluding ortho intramolecular Hbond substituents is 2. The fourth-order valence-corrected chi connectivity index (χ4v) is 4.03. The van der Waals surface area contributed by atoms with Crippen molar-refractivity contribution < 1.29 is 10.2 Å². The lowest BCUT2D eigenvalue weighted by molar-refractivity contribution is 0.375. The molecular formula is C23H22O2. The van der Waals surface area contributed by atoms with Crippen LogP contribution in [0.2, 0.25) is 0 Å². The molecule has 1 unspecified atom stereocenters. The molecule has 0 amide bonds. The van der Waals surface area contributed by atoms with Gasteiger partial charge in [-0.15, -0.1) is 0 Å². The molecule has 0 aromatic heterocycles. The SMILES string of the molecule is CC1(c2cc(O)c(-c3ccccc3)cc2O)CCc2ccccc2C1. The predicted molar refractivity (Wildman–Crippen MR) is 101 cm³/mol. The lowest BCUT2D eigenvalue weighted by Crippen LogP contribution is -2.30. The maximum Gasteiger partial charge on any atom is 0.123 e. The van der Waals surface area contributed by atoms with Crippen LogP contribution >= 0.6 is 0 Å². The summed E-state index contributed by atoms with van der Waals surface area (Å²) < 4.78 is 0. The van der Waals surface area contributed by atoms with Gasteiger partial charge in [-0.05, 0) is 48.1 Å². The Hall–Kier alpha value is -2.74. The Bertz CT molecular complexity index is 915. The van der Waals surface area contributed by atoms with Gasteiger partial charge in [-0.3, -0.25) is 0 Å². The number of hydrogen-bond acceptors (Lipinski definition) is 2. The van der Waals surface area contributed by atoms with Crippen molar-refractivity contribution in [3.63, 3.8) is 0 Å². The summed E-state index contributed by atoms with van der Waals surface area (Å²) in [7, 11) is 0. The van der Waals surface area contributed by atoms with Gasteiger partial charge in [-0.25, -0.2) is 0 Å². The minimum atomic E-state index is -0.175. The van der Waals surface area contributed by atoms with E-state index in [0.717, 1.165) is 30.4 Å². The van der Waals surface area contributed by atoms with Crippen LogP contribution in [0.1, 0.15) is 30.0 Å². The van der Waals surface area contributed by atoms with Crippen LogP contribution in [0, 0.1) is 0 Å². The van der Waals surface area contributed by atoms with Gasteiger partial charge >= 0.3 is 0 Å². The summed E-state index contributed by atoms with van der Waals surface area (Å²) in [5.74, 6) is 0.484. The molecule has 0 bridgehead atoms. The molecule has 2 N–H and O–H groups in total. The van der Waals surface area contributed by atoms with E-state index in [4.69, 9.17) is 0 Å². The van der Waals surface area contributed by atoms with E-state index in [0.29, 0.717) is 5.56 Å². The molecule has 126 valence electrons. The number of fused-ring (bicyclic) bond motifs is 1. The van der Waals surface area contributed by atoms with Gasteiger partial charge in [0.05, 0.1) is 0 Å². The highest BCUT2D eigenvalue weighted by Gasteiger charge is 2.34. The zero-order valence-corrected chi connectivity index (χ0v) is 14.4. The number of aryl methyl sites for hydroxylation is 1. The molecule has 0 heterocycles. The van der Waals surface area contributed by atoms with Crippen LogP contribution < -0.4 is 0 Å². The van der Waals surface area contributed by atoms with Gasteiger partial charge < -0.3 is 10.2 Å². The third-order valence-corrected chi connectivity index (χ3v) is 5.49. The zero-order valence-electron chi connectivity index (χ0n) is 14.4. The second-order valence-corrected chi connectivity index (χ2v) is 7.26. The van der Waals surface area contributed by atoms with E-state index in [-0.39, 0.29) is 16.9 Å². The smallest absolute Gasteiger partial charge is 0.123 e. The van der Waals surface area contributed by atoms with E-state index >= 15 is 0 Å². The van der Waals surface area contributed by atoms with Gasteiger partial charge in [-0.1, -0.05) is 61.5 Å². The van der Waals surface area contributed by atoms with E-state index in [1.807, 2.05) is 30.3 Å². The quantitative estimate of drug-likeness (QED) is 0.633. The van der Waals surface area contributed by atoms with Crippen molar-refractivity contribution in [2.75, 3.05) is 0 Å². The molecule has 1 aliphatic carbocycles. The van der Waals surface area contributed by atoms with Crippen LogP contribution in [0.15, 0.2) is 66.7 Å². The molecule has 2 nitrogen and oxygen atoms in total. The number of phenols is 2. The number of hydrogen-bond donors (Lipinski definition) is 2. The Kier molecular flexibility index (Phi) is 3.76. The molecule has 1 aliphatic rings. The molecule has 0 saturated heterocycles. The van der Waals surface area contributed by atoms with Gasteiger partial charge in [0, 0.05) is 16.5 Å². The van der Waals surface area contributed by atoms with Gasteiger partial charge in [0.2, 0.25) is 0 Å². The molecule has 3 aromatic rings. The van der Waals surface area contributed by atoms with Crippen LogP contribution in [0.25, 0.3) is 11.1 Å². The van der Waals surface area contributed by atoms with Gasteiger partial charge in [-0.2, -0.15) is 0 Å². The highest BCUT2D eigenvalue weighted by molar-refractivity contribution is 5.73. The first-order chi connectivity index (χ1) is 12.1. The third-order valence-electron chi connectivity index (χ3n) is 5.49. The Balaban J connectivity index is 1.76. The minimum absolute atomic E-state index is 0.175. The lowest BCUT2D eigenvalue weighted by Gasteiger charge is -2.36. The Morgan fingerprint density at radius 3 is 2.24 bits per heavy atom. The molecule has 2 heteroatoms. The van der Waals surface area contributed by atoms with E-state index < -0.39 is 0 Å². The minimum Gasteiger partial charge on any atom is -0.508 e. The van der Waals surface area contributed by atoms with Crippen LogP contribution in [-0.2, 0) is 18.3 Å². The van der Waals surface area contributed by atoms with Gasteiger partial charge in [0.25, 0.3) is 0 Å². The molecule has 4 rings (SSSR count). The summed E-state index contributed by atoms with van der Waals surface area (Å²) in [6, 6.07) is 21.6. The second kappa shape index (κ2) is 5.96. The molecular weight excluding hydrogens is 308 g/mol. The average molecular weight is 330 g/mol. The monoisotopic (exact) mass is 330 g/mol. The number of benzene rings is 3. The van der Waals surface area contributed by atoms with E-state index in [1.165, 1.54) is 11.1 Å². The fourth-order valence-electron chi connectivity index (χ4n) is 4.03. The normalized spacial score (nSPS) is 19.4. The van der Waals surface area contributed by atoms with Crippen LogP contribution in [0.5, 0.6) is 11.5 Å². The first-order valence-electron chi connectivity index (χ1n) is 8.75. The maximum absolute atomic E-state index is 10.7. The van der Waals surface area contributed by atoms with Crippen molar-refractivity contribution in [3.8, 4) is 22.6 Å². The van der Waals surface area contributed by atoms with Crippen molar-refractivity contribution in [1.29, 1.82) is 0 Å². The molecule has 0 radical (unpaired) electrons. The Morgan fingerprint density at radius 1 is 0.800 bits per heavy atom. The fraction of sp³-hybridized carbons (Fsp3) is 0.217. The number of rotatable bonds is 2. The van der Waals surface area contributed by atoms with Crippen LogP contribution in [-0.4, -0.2) is 10.2 Å². The molecule has 0 spiro atoms. The summed E-state index contributed by atoms with van der Waals surface area (Å²) >= 11 is 0. The first-order valence-corrected chi connectivity index (χ1v) is 8.75. The molecule has 3 aromatic carbocycles. The molecule has 1 atom stereocenters. The predicted octanol–water partition coefficient (Wildman–Crippen LogP) is 5.21. The zero-order chi connectivity index (χ0) is 17.4. The maximum atomic E-state index is 10.7. The van der Waals surface area contributed by atoms with Crippen molar-refractivity contribution in [2.45, 2.75) is 31.6 Å². The summed E-state index contributed by atoms with van der Waals surface area (Å²) in [6.45, 7) is 2.18. The van der Waals surface area contributed by atoms with Crippen molar-refractivity contribution in [1.82, 2.24) is 0 Å². The Labute approximate surface area is 148 Å². The van der Waals surface area contributed by atoms with Gasteiger partial charge in [0.15, 0.2) is 0 Å². The van der Waals surface area contributed by atoms with E-state index in [1.54, 1.807) is 12.1 Å². The molecule has 0 aliphatic heterocycles. The van der Waals surface area contributed by atoms with Crippen molar-refractivity contribution in [3.05, 3.63) is 83.4 Å². The molecule has 25 heavy (non-hydrogen) atoms. The van der Waals surface area contributed by atoms with Crippen LogP contribution in [0.4, 0.5) is 0 Å². The van der Waals surface area contributed by atoms with Gasteiger partial charge in [0.1, 0.15) is 11.5 Å². The first kappa shape index (κ1) is 15.8. The summed E-state index contributed by atoms with van der Waals surface area (Å²) in [6.07, 6.45) is 2.83. The summed E-state index contributed by atoms with van der Waals surface area (Å²) in [5.41, 5.74) is 4.96. The van der Waals surface area contributed by atoms with Crippen LogP contribution in [0.3, 0.4) is 0 Å². The molecule has 0 saturated carbocycles. The third kappa shape index (κ3) is 2.78. The van der Waals surface area contributed by atoms with Crippen molar-refractivity contribution >= 4 is 0 Å². The molecule has 0 fully saturated rings. The highest BCUT2D eigenvalue weighted by Crippen LogP contribution is 2.45. The largest absolute Gasteiger partial charge is 0.508 e. The average Bonchev–Trinajstić information content (AvgIpc) is 2.64. The Morgan fingerprint density at radius 2 is 1.48 bits per heavy atom. The van der Waals surface area contributed by atoms with Crippen molar-refractivity contribution in [2.24, 2.45) is 0 Å². The number of aromatic hydroxyl groups is 2. The van der Waals surface area contributed by atoms with E-state index in [9.17, 15) is 10.2 Å². The lowest BCUT2D eigenvalue weighted by atomic mass is 9.68. The highest BCUT2D eigenvalue weighted by atomic mass is 16.3. The standard InChI is InChI=1S/C23H22O2/c1-23(12-11-16-7-5-6-10-18(16)15-23)20-14-21(24)19(13-22(20)25)17-8-3-2-4-9-17/h2-10,13-14,24-25H,11-12,15H2,1H3. The topological polar surface area (TPSA) is 40.5 Å². The second-order valence-electron chi connectivity index (χ2n) is 7.26.